The number of para-hydroxylation sites is 1. The highest BCUT2D eigenvalue weighted by Gasteiger charge is 2.42. The first-order valence-corrected chi connectivity index (χ1v) is 10.4. The summed E-state index contributed by atoms with van der Waals surface area (Å²) in [6.07, 6.45) is 1.04. The average Bonchev–Trinajstić information content (AvgIpc) is 3.19. The van der Waals surface area contributed by atoms with E-state index in [1.807, 2.05) is 0 Å². The third kappa shape index (κ3) is 3.94. The van der Waals surface area contributed by atoms with Crippen LogP contribution in [0.15, 0.2) is 52.5 Å². The van der Waals surface area contributed by atoms with Crippen LogP contribution in [0.4, 0.5) is 11.4 Å². The largest absolute Gasteiger partial charge is 0.507 e. The second-order valence-corrected chi connectivity index (χ2v) is 8.38. The minimum Gasteiger partial charge on any atom is -0.507 e. The summed E-state index contributed by atoms with van der Waals surface area (Å²) in [6.45, 7) is -0.580. The van der Waals surface area contributed by atoms with Crippen LogP contribution < -0.4 is 4.90 Å². The number of benzene rings is 2. The number of thiocarbonyl (C=S) groups is 1. The lowest BCUT2D eigenvalue weighted by Gasteiger charge is -2.13. The van der Waals surface area contributed by atoms with E-state index < -0.39 is 29.3 Å². The van der Waals surface area contributed by atoms with Crippen LogP contribution in [0, 0.1) is 10.1 Å². The number of rotatable bonds is 5. The van der Waals surface area contributed by atoms with Gasteiger partial charge in [0, 0.05) is 23.3 Å². The number of phenolic OH excluding ortho intramolecular Hbond substituents is 1. The molecule has 0 spiro atoms. The Morgan fingerprint density at radius 1 is 1.21 bits per heavy atom. The minimum atomic E-state index is -1.21. The Labute approximate surface area is 194 Å². The molecule has 0 radical (unpaired) electrons. The highest BCUT2D eigenvalue weighted by Crippen LogP contribution is 2.44. The SMILES string of the molecule is O=C(O)CN1C(=O)/C(=C2/SC(=S)N(N=Cc3cc([N+](=O)[O-])ccc3O)C2=O)c2ccccc21. The molecule has 13 heteroatoms. The molecule has 2 aliphatic rings. The van der Waals surface area contributed by atoms with Crippen LogP contribution in [-0.2, 0) is 14.4 Å². The summed E-state index contributed by atoms with van der Waals surface area (Å²) >= 11 is 6.04. The number of fused-ring (bicyclic) bond motifs is 1. The van der Waals surface area contributed by atoms with E-state index >= 15 is 0 Å². The zero-order valence-electron chi connectivity index (χ0n) is 16.4. The van der Waals surface area contributed by atoms with Crippen molar-refractivity contribution in [2.45, 2.75) is 0 Å². The molecule has 33 heavy (non-hydrogen) atoms. The second kappa shape index (κ2) is 8.44. The van der Waals surface area contributed by atoms with E-state index in [0.29, 0.717) is 11.3 Å². The first-order chi connectivity index (χ1) is 15.7. The standard InChI is InChI=1S/C20H12N4O7S2/c25-14-6-5-11(24(30)31)7-10(14)8-21-23-19(29)17(33-20(23)32)16-12-3-1-2-4-13(12)22(18(16)28)9-15(26)27/h1-8,25H,9H2,(H,26,27)/b17-16+,21-8?. The molecule has 2 N–H and O–H groups in total. The van der Waals surface area contributed by atoms with Gasteiger partial charge in [-0.2, -0.15) is 10.1 Å². The number of carbonyl (C=O) groups excluding carboxylic acids is 2. The Bertz CT molecular complexity index is 1320. The van der Waals surface area contributed by atoms with Gasteiger partial charge in [0.05, 0.1) is 27.3 Å². The normalized spacial score (nSPS) is 17.9. The summed E-state index contributed by atoms with van der Waals surface area (Å²) in [7, 11) is 0. The summed E-state index contributed by atoms with van der Waals surface area (Å²) in [4.78, 5) is 48.6. The fraction of sp³-hybridized carbons (Fsp3) is 0.0500. The minimum absolute atomic E-state index is 0.00867. The van der Waals surface area contributed by atoms with Crippen molar-refractivity contribution in [1.82, 2.24) is 5.01 Å². The zero-order valence-corrected chi connectivity index (χ0v) is 18.0. The number of carbonyl (C=O) groups is 3. The van der Waals surface area contributed by atoms with Crippen LogP contribution in [0.25, 0.3) is 5.57 Å². The van der Waals surface area contributed by atoms with E-state index in [-0.39, 0.29) is 31.8 Å². The number of nitro groups is 1. The third-order valence-electron chi connectivity index (χ3n) is 4.73. The van der Waals surface area contributed by atoms with Crippen LogP contribution in [0.5, 0.6) is 5.75 Å². The van der Waals surface area contributed by atoms with Crippen molar-refractivity contribution in [3.8, 4) is 5.75 Å². The Hall–Kier alpha value is -4.10. The number of carboxylic acid groups (broad SMARTS) is 1. The Kier molecular flexibility index (Phi) is 5.66. The molecule has 1 saturated heterocycles. The van der Waals surface area contributed by atoms with Gasteiger partial charge in [0.25, 0.3) is 17.5 Å². The molecule has 2 aromatic carbocycles. The summed E-state index contributed by atoms with van der Waals surface area (Å²) in [5.41, 5.74) is 0.467. The Morgan fingerprint density at radius 3 is 2.64 bits per heavy atom. The zero-order chi connectivity index (χ0) is 23.9. The van der Waals surface area contributed by atoms with Crippen LogP contribution >= 0.6 is 24.0 Å². The number of hydrogen-bond acceptors (Lipinski definition) is 9. The van der Waals surface area contributed by atoms with Crippen molar-refractivity contribution in [3.05, 3.63) is 68.6 Å². The van der Waals surface area contributed by atoms with Gasteiger partial charge in [-0.3, -0.25) is 29.4 Å². The van der Waals surface area contributed by atoms with Crippen LogP contribution in [0.1, 0.15) is 11.1 Å². The molecule has 11 nitrogen and oxygen atoms in total. The number of non-ortho nitro benzene ring substituents is 1. The highest BCUT2D eigenvalue weighted by atomic mass is 32.2. The second-order valence-electron chi connectivity index (χ2n) is 6.74. The number of hydrogen-bond donors (Lipinski definition) is 2. The van der Waals surface area contributed by atoms with Crippen molar-refractivity contribution < 1.29 is 29.5 Å². The molecule has 0 unspecified atom stereocenters. The molecule has 0 saturated carbocycles. The molecule has 2 aliphatic heterocycles. The average molecular weight is 484 g/mol. The summed E-state index contributed by atoms with van der Waals surface area (Å²) in [6, 6.07) is 9.79. The fourth-order valence-corrected chi connectivity index (χ4v) is 4.53. The van der Waals surface area contributed by atoms with Crippen LogP contribution in [-0.4, -0.2) is 55.0 Å². The van der Waals surface area contributed by atoms with E-state index in [2.05, 4.69) is 5.10 Å². The monoisotopic (exact) mass is 484 g/mol. The van der Waals surface area contributed by atoms with E-state index in [1.54, 1.807) is 24.3 Å². The lowest BCUT2D eigenvalue weighted by atomic mass is 10.1. The van der Waals surface area contributed by atoms with E-state index in [1.165, 1.54) is 0 Å². The van der Waals surface area contributed by atoms with Gasteiger partial charge in [-0.05, 0) is 24.4 Å². The first kappa shape index (κ1) is 22.1. The molecule has 0 aliphatic carbocycles. The van der Waals surface area contributed by atoms with Crippen molar-refractivity contribution in [3.63, 3.8) is 0 Å². The summed E-state index contributed by atoms with van der Waals surface area (Å²) < 4.78 is -0.00867. The molecule has 2 heterocycles. The maximum absolute atomic E-state index is 13.1. The maximum Gasteiger partial charge on any atom is 0.323 e. The molecule has 2 amide bonds. The van der Waals surface area contributed by atoms with Gasteiger partial charge in [-0.15, -0.1) is 0 Å². The van der Waals surface area contributed by atoms with Crippen molar-refractivity contribution in [2.24, 2.45) is 5.10 Å². The molecule has 166 valence electrons. The van der Waals surface area contributed by atoms with Crippen LogP contribution in [0.3, 0.4) is 0 Å². The topological polar surface area (TPSA) is 154 Å². The Morgan fingerprint density at radius 2 is 1.94 bits per heavy atom. The van der Waals surface area contributed by atoms with Gasteiger partial charge >= 0.3 is 5.97 Å². The van der Waals surface area contributed by atoms with Gasteiger partial charge in [0.2, 0.25) is 0 Å². The van der Waals surface area contributed by atoms with Gasteiger partial charge in [0.15, 0.2) is 4.32 Å². The molecular formula is C20H12N4O7S2. The van der Waals surface area contributed by atoms with Gasteiger partial charge in [-0.25, -0.2) is 0 Å². The molecule has 4 rings (SSSR count). The van der Waals surface area contributed by atoms with Gasteiger partial charge < -0.3 is 10.2 Å². The number of aromatic hydroxyl groups is 1. The predicted octanol–water partition coefficient (Wildman–Crippen LogP) is 2.34. The van der Waals surface area contributed by atoms with Crippen LogP contribution in [0.2, 0.25) is 0 Å². The van der Waals surface area contributed by atoms with Crippen molar-refractivity contribution in [1.29, 1.82) is 0 Å². The number of thioether (sulfide) groups is 1. The number of aliphatic carboxylic acids is 1. The number of nitro benzene ring substituents is 1. The summed E-state index contributed by atoms with van der Waals surface area (Å²) in [5.74, 6) is -2.88. The Balaban J connectivity index is 1.71. The summed E-state index contributed by atoms with van der Waals surface area (Å²) in [5, 5.41) is 34.8. The number of anilines is 1. The molecule has 1 fully saturated rings. The predicted molar refractivity (Wildman–Crippen MR) is 123 cm³/mol. The molecule has 0 aromatic heterocycles. The van der Waals surface area contributed by atoms with E-state index in [0.717, 1.165) is 46.1 Å². The van der Waals surface area contributed by atoms with Crippen molar-refractivity contribution in [2.75, 3.05) is 11.4 Å². The first-order valence-electron chi connectivity index (χ1n) is 9.14. The maximum atomic E-state index is 13.1. The molecule has 0 bridgehead atoms. The molecule has 0 atom stereocenters. The number of phenols is 1. The van der Waals surface area contributed by atoms with Gasteiger partial charge in [0.1, 0.15) is 12.3 Å². The van der Waals surface area contributed by atoms with E-state index in [4.69, 9.17) is 17.3 Å². The quantitative estimate of drug-likeness (QED) is 0.214. The number of carboxylic acids is 1. The molecular weight excluding hydrogens is 472 g/mol. The fourth-order valence-electron chi connectivity index (χ4n) is 3.28. The molecule has 2 aromatic rings. The lowest BCUT2D eigenvalue weighted by Crippen LogP contribution is -2.32. The number of nitrogens with zero attached hydrogens (tertiary/aromatic N) is 4. The third-order valence-corrected chi connectivity index (χ3v) is 6.08. The highest BCUT2D eigenvalue weighted by molar-refractivity contribution is 8.26. The van der Waals surface area contributed by atoms with Gasteiger partial charge in [-0.1, -0.05) is 30.0 Å². The van der Waals surface area contributed by atoms with Crippen molar-refractivity contribution >= 4 is 69.2 Å². The lowest BCUT2D eigenvalue weighted by molar-refractivity contribution is -0.384. The number of amides is 2. The number of hydrazone groups is 1. The van der Waals surface area contributed by atoms with E-state index in [9.17, 15) is 29.6 Å². The smallest absolute Gasteiger partial charge is 0.323 e.